The molecular formula is C15H28N2O3. The number of amides is 1. The zero-order valence-electron chi connectivity index (χ0n) is 13.0. The van der Waals surface area contributed by atoms with E-state index in [0.717, 1.165) is 25.9 Å². The van der Waals surface area contributed by atoms with Gasteiger partial charge in [0.15, 0.2) is 0 Å². The van der Waals surface area contributed by atoms with Crippen molar-refractivity contribution in [3.8, 4) is 0 Å². The molecule has 0 aliphatic carbocycles. The molecule has 1 amide bonds. The van der Waals surface area contributed by atoms with Crippen LogP contribution in [0.4, 0.5) is 0 Å². The molecule has 1 aliphatic rings. The van der Waals surface area contributed by atoms with Gasteiger partial charge in [-0.3, -0.25) is 9.59 Å². The number of carbonyl (C=O) groups is 2. The number of carbonyl (C=O) groups excluding carboxylic acids is 1. The summed E-state index contributed by atoms with van der Waals surface area (Å²) >= 11 is 0. The summed E-state index contributed by atoms with van der Waals surface area (Å²) < 4.78 is 0. The van der Waals surface area contributed by atoms with Crippen molar-refractivity contribution < 1.29 is 14.7 Å². The molecule has 0 saturated carbocycles. The van der Waals surface area contributed by atoms with Crippen LogP contribution in [0.25, 0.3) is 0 Å². The van der Waals surface area contributed by atoms with E-state index in [1.807, 2.05) is 11.9 Å². The average Bonchev–Trinajstić information content (AvgIpc) is 2.42. The Balaban J connectivity index is 2.26. The number of likely N-dealkylation sites (tertiary alicyclic amines) is 1. The second-order valence-corrected chi connectivity index (χ2v) is 5.97. The van der Waals surface area contributed by atoms with Crippen LogP contribution in [-0.4, -0.2) is 59.0 Å². The van der Waals surface area contributed by atoms with E-state index in [2.05, 4.69) is 18.7 Å². The number of carboxylic acid groups (broad SMARTS) is 1. The van der Waals surface area contributed by atoms with Crippen molar-refractivity contribution in [2.24, 2.45) is 0 Å². The quantitative estimate of drug-likeness (QED) is 0.726. The van der Waals surface area contributed by atoms with Gasteiger partial charge in [0.05, 0.1) is 0 Å². The van der Waals surface area contributed by atoms with Gasteiger partial charge in [-0.15, -0.1) is 0 Å². The van der Waals surface area contributed by atoms with Gasteiger partial charge >= 0.3 is 5.97 Å². The zero-order chi connectivity index (χ0) is 15.1. The standard InChI is InChI=1S/C15H28N2O3/c1-12(2)17-10-8-13(9-11-17)16(3)14(18)6-4-5-7-15(19)20/h12-13H,4-11H2,1-3H3,(H,19,20). The molecule has 0 aromatic heterocycles. The molecule has 0 aromatic carbocycles. The number of hydrogen-bond donors (Lipinski definition) is 1. The molecule has 5 nitrogen and oxygen atoms in total. The molecule has 5 heteroatoms. The van der Waals surface area contributed by atoms with Crippen LogP contribution in [0.3, 0.4) is 0 Å². The van der Waals surface area contributed by atoms with Crippen LogP contribution < -0.4 is 0 Å². The number of carboxylic acids is 1. The highest BCUT2D eigenvalue weighted by Gasteiger charge is 2.25. The summed E-state index contributed by atoms with van der Waals surface area (Å²) in [5.41, 5.74) is 0. The van der Waals surface area contributed by atoms with Gasteiger partial charge in [-0.1, -0.05) is 0 Å². The van der Waals surface area contributed by atoms with Crippen molar-refractivity contribution in [1.82, 2.24) is 9.80 Å². The van der Waals surface area contributed by atoms with Crippen LogP contribution in [0.15, 0.2) is 0 Å². The Kier molecular flexibility index (Phi) is 6.99. The highest BCUT2D eigenvalue weighted by molar-refractivity contribution is 5.76. The first-order valence-corrected chi connectivity index (χ1v) is 7.63. The summed E-state index contributed by atoms with van der Waals surface area (Å²) in [6.45, 7) is 6.52. The molecule has 1 fully saturated rings. The Morgan fingerprint density at radius 3 is 2.25 bits per heavy atom. The number of nitrogens with zero attached hydrogens (tertiary/aromatic N) is 2. The highest BCUT2D eigenvalue weighted by atomic mass is 16.4. The second-order valence-electron chi connectivity index (χ2n) is 5.97. The zero-order valence-corrected chi connectivity index (χ0v) is 13.0. The molecule has 1 aliphatic heterocycles. The average molecular weight is 284 g/mol. The fourth-order valence-corrected chi connectivity index (χ4v) is 2.72. The van der Waals surface area contributed by atoms with E-state index in [1.54, 1.807) is 0 Å². The second kappa shape index (κ2) is 8.25. The predicted molar refractivity (Wildman–Crippen MR) is 78.6 cm³/mol. The summed E-state index contributed by atoms with van der Waals surface area (Å²) in [6, 6.07) is 0.921. The largest absolute Gasteiger partial charge is 0.481 e. The Morgan fingerprint density at radius 2 is 1.75 bits per heavy atom. The minimum Gasteiger partial charge on any atom is -0.481 e. The number of rotatable bonds is 7. The van der Waals surface area contributed by atoms with Crippen molar-refractivity contribution >= 4 is 11.9 Å². The predicted octanol–water partition coefficient (Wildman–Crippen LogP) is 1.96. The van der Waals surface area contributed by atoms with Crippen molar-refractivity contribution in [3.63, 3.8) is 0 Å². The van der Waals surface area contributed by atoms with Crippen molar-refractivity contribution in [1.29, 1.82) is 0 Å². The molecule has 0 radical (unpaired) electrons. The number of hydrogen-bond acceptors (Lipinski definition) is 3. The Labute approximate surface area is 121 Å². The Morgan fingerprint density at radius 1 is 1.20 bits per heavy atom. The molecule has 0 atom stereocenters. The van der Waals surface area contributed by atoms with E-state index in [9.17, 15) is 9.59 Å². The summed E-state index contributed by atoms with van der Waals surface area (Å²) in [4.78, 5) is 26.8. The van der Waals surface area contributed by atoms with Gasteiger partial charge in [0, 0.05) is 45.1 Å². The third-order valence-corrected chi connectivity index (χ3v) is 4.20. The molecule has 1 saturated heterocycles. The van der Waals surface area contributed by atoms with Gasteiger partial charge in [-0.25, -0.2) is 0 Å². The molecule has 1 rings (SSSR count). The number of aliphatic carboxylic acids is 1. The van der Waals surface area contributed by atoms with Crippen LogP contribution in [-0.2, 0) is 9.59 Å². The Hall–Kier alpha value is -1.10. The van der Waals surface area contributed by atoms with Crippen molar-refractivity contribution in [2.45, 2.75) is 64.5 Å². The summed E-state index contributed by atoms with van der Waals surface area (Å²) in [5, 5.41) is 8.56. The SMILES string of the molecule is CC(C)N1CCC(N(C)C(=O)CCCCC(=O)O)CC1. The van der Waals surface area contributed by atoms with Gasteiger partial charge < -0.3 is 14.9 Å². The molecule has 20 heavy (non-hydrogen) atoms. The monoisotopic (exact) mass is 284 g/mol. The highest BCUT2D eigenvalue weighted by Crippen LogP contribution is 2.18. The third kappa shape index (κ3) is 5.49. The lowest BCUT2D eigenvalue weighted by atomic mass is 10.0. The smallest absolute Gasteiger partial charge is 0.303 e. The summed E-state index contributed by atoms with van der Waals surface area (Å²) in [5.74, 6) is -0.634. The van der Waals surface area contributed by atoms with E-state index in [1.165, 1.54) is 0 Å². The molecule has 116 valence electrons. The molecule has 1 heterocycles. The molecular weight excluding hydrogens is 256 g/mol. The maximum absolute atomic E-state index is 12.1. The van der Waals surface area contributed by atoms with E-state index in [4.69, 9.17) is 5.11 Å². The van der Waals surface area contributed by atoms with Crippen molar-refractivity contribution in [3.05, 3.63) is 0 Å². The van der Waals surface area contributed by atoms with E-state index < -0.39 is 5.97 Å². The number of unbranched alkanes of at least 4 members (excludes halogenated alkanes) is 1. The first kappa shape index (κ1) is 17.0. The lowest BCUT2D eigenvalue weighted by Crippen LogP contribution is -2.47. The molecule has 0 unspecified atom stereocenters. The van der Waals surface area contributed by atoms with Crippen LogP contribution in [0.1, 0.15) is 52.4 Å². The molecule has 0 aromatic rings. The van der Waals surface area contributed by atoms with Gasteiger partial charge in [-0.2, -0.15) is 0 Å². The lowest BCUT2D eigenvalue weighted by Gasteiger charge is -2.38. The van der Waals surface area contributed by atoms with E-state index in [-0.39, 0.29) is 12.3 Å². The maximum atomic E-state index is 12.1. The van der Waals surface area contributed by atoms with Gasteiger partial charge in [0.2, 0.25) is 5.91 Å². The first-order valence-electron chi connectivity index (χ1n) is 7.63. The maximum Gasteiger partial charge on any atom is 0.303 e. The van der Waals surface area contributed by atoms with Gasteiger partial charge in [0.25, 0.3) is 0 Å². The first-order chi connectivity index (χ1) is 9.41. The fraction of sp³-hybridized carbons (Fsp3) is 0.867. The van der Waals surface area contributed by atoms with Crippen molar-refractivity contribution in [2.75, 3.05) is 20.1 Å². The van der Waals surface area contributed by atoms with E-state index >= 15 is 0 Å². The number of piperidine rings is 1. The molecule has 1 N–H and O–H groups in total. The fourth-order valence-electron chi connectivity index (χ4n) is 2.72. The van der Waals surface area contributed by atoms with Gasteiger partial charge in [0.1, 0.15) is 0 Å². The minimum absolute atomic E-state index is 0.151. The Bertz CT molecular complexity index is 323. The van der Waals surface area contributed by atoms with Crippen LogP contribution in [0.2, 0.25) is 0 Å². The van der Waals surface area contributed by atoms with Gasteiger partial charge in [-0.05, 0) is 39.5 Å². The van der Waals surface area contributed by atoms with Crippen LogP contribution in [0, 0.1) is 0 Å². The topological polar surface area (TPSA) is 60.9 Å². The van der Waals surface area contributed by atoms with Crippen LogP contribution >= 0.6 is 0 Å². The lowest BCUT2D eigenvalue weighted by molar-refractivity contribution is -0.138. The minimum atomic E-state index is -0.785. The molecule has 0 bridgehead atoms. The summed E-state index contributed by atoms with van der Waals surface area (Å²) in [6.07, 6.45) is 3.95. The van der Waals surface area contributed by atoms with Crippen LogP contribution in [0.5, 0.6) is 0 Å². The van der Waals surface area contributed by atoms with E-state index in [0.29, 0.717) is 31.3 Å². The molecule has 0 spiro atoms. The third-order valence-electron chi connectivity index (χ3n) is 4.20. The normalized spacial score (nSPS) is 17.4. The summed E-state index contributed by atoms with van der Waals surface area (Å²) in [7, 11) is 1.88.